The van der Waals surface area contributed by atoms with Crippen LogP contribution in [0.1, 0.15) is 45.9 Å². The predicted octanol–water partition coefficient (Wildman–Crippen LogP) is 1.65. The predicted molar refractivity (Wildman–Crippen MR) is 76.9 cm³/mol. The molecule has 1 aliphatic heterocycles. The number of aromatic nitrogens is 3. The van der Waals surface area contributed by atoms with Crippen molar-refractivity contribution in [3.05, 3.63) is 12.2 Å². The van der Waals surface area contributed by atoms with Crippen LogP contribution in [0.2, 0.25) is 0 Å². The zero-order valence-electron chi connectivity index (χ0n) is 12.5. The lowest BCUT2D eigenvalue weighted by atomic mass is 9.92. The molecule has 2 rings (SSSR count). The van der Waals surface area contributed by atoms with Gasteiger partial charge >= 0.3 is 0 Å². The van der Waals surface area contributed by atoms with Crippen LogP contribution in [-0.4, -0.2) is 44.8 Å². The highest BCUT2D eigenvalue weighted by Crippen LogP contribution is 2.20. The van der Waals surface area contributed by atoms with Gasteiger partial charge in [0.1, 0.15) is 12.2 Å². The van der Waals surface area contributed by atoms with Crippen LogP contribution in [0, 0.1) is 0 Å². The van der Waals surface area contributed by atoms with Crippen LogP contribution < -0.4 is 5.32 Å². The molecule has 5 heteroatoms. The molecule has 0 bridgehead atoms. The summed E-state index contributed by atoms with van der Waals surface area (Å²) in [5.74, 6) is 1.09. The first-order valence-corrected chi connectivity index (χ1v) is 7.57. The monoisotopic (exact) mass is 265 g/mol. The first-order valence-electron chi connectivity index (χ1n) is 7.57. The molecule has 1 saturated heterocycles. The first kappa shape index (κ1) is 14.5. The summed E-state index contributed by atoms with van der Waals surface area (Å²) in [5, 5.41) is 8.01. The normalized spacial score (nSPS) is 20.4. The fourth-order valence-corrected chi connectivity index (χ4v) is 2.95. The molecule has 0 aliphatic carbocycles. The van der Waals surface area contributed by atoms with Crippen LogP contribution in [-0.2, 0) is 13.1 Å². The third-order valence-corrected chi connectivity index (χ3v) is 4.39. The SMILES string of the molecule is CCn1ncnc1CN1CCCNC(CC)(CC)C1. The number of aryl methyl sites for hydroxylation is 1. The number of rotatable bonds is 5. The molecule has 2 heterocycles. The fourth-order valence-electron chi connectivity index (χ4n) is 2.95. The van der Waals surface area contributed by atoms with E-state index in [0.717, 1.165) is 38.5 Å². The average molecular weight is 265 g/mol. The Kier molecular flexibility index (Phi) is 4.93. The maximum absolute atomic E-state index is 4.40. The molecule has 0 saturated carbocycles. The Balaban J connectivity index is 2.06. The lowest BCUT2D eigenvalue weighted by Gasteiger charge is -2.35. The van der Waals surface area contributed by atoms with Crippen molar-refractivity contribution in [2.45, 2.75) is 58.7 Å². The molecular weight excluding hydrogens is 238 g/mol. The van der Waals surface area contributed by atoms with Gasteiger partial charge in [-0.15, -0.1) is 0 Å². The van der Waals surface area contributed by atoms with Gasteiger partial charge in [-0.2, -0.15) is 5.10 Å². The van der Waals surface area contributed by atoms with Crippen molar-refractivity contribution >= 4 is 0 Å². The lowest BCUT2D eigenvalue weighted by molar-refractivity contribution is 0.185. The van der Waals surface area contributed by atoms with E-state index in [-0.39, 0.29) is 5.54 Å². The number of nitrogens with zero attached hydrogens (tertiary/aromatic N) is 4. The minimum Gasteiger partial charge on any atom is -0.310 e. The maximum atomic E-state index is 4.40. The molecule has 1 aliphatic rings. The van der Waals surface area contributed by atoms with Gasteiger partial charge in [0, 0.05) is 18.6 Å². The van der Waals surface area contributed by atoms with Crippen LogP contribution in [0.25, 0.3) is 0 Å². The quantitative estimate of drug-likeness (QED) is 0.879. The third kappa shape index (κ3) is 3.34. The second-order valence-electron chi connectivity index (χ2n) is 5.47. The van der Waals surface area contributed by atoms with E-state index in [1.165, 1.54) is 19.3 Å². The smallest absolute Gasteiger partial charge is 0.140 e. The van der Waals surface area contributed by atoms with Crippen molar-refractivity contribution in [3.8, 4) is 0 Å². The van der Waals surface area contributed by atoms with Crippen LogP contribution in [0.15, 0.2) is 6.33 Å². The van der Waals surface area contributed by atoms with Gasteiger partial charge in [0.2, 0.25) is 0 Å². The highest BCUT2D eigenvalue weighted by molar-refractivity contribution is 4.93. The Labute approximate surface area is 116 Å². The number of hydrogen-bond acceptors (Lipinski definition) is 4. The summed E-state index contributed by atoms with van der Waals surface area (Å²) in [6.45, 7) is 11.9. The molecule has 1 aromatic heterocycles. The summed E-state index contributed by atoms with van der Waals surface area (Å²) in [5.41, 5.74) is 0.271. The number of nitrogens with one attached hydrogen (secondary N) is 1. The van der Waals surface area contributed by atoms with Gasteiger partial charge in [0.25, 0.3) is 0 Å². The van der Waals surface area contributed by atoms with Crippen molar-refractivity contribution in [2.75, 3.05) is 19.6 Å². The van der Waals surface area contributed by atoms with Crippen molar-refractivity contribution in [3.63, 3.8) is 0 Å². The Morgan fingerprint density at radius 2 is 2.11 bits per heavy atom. The van der Waals surface area contributed by atoms with E-state index in [1.54, 1.807) is 6.33 Å². The summed E-state index contributed by atoms with van der Waals surface area (Å²) in [7, 11) is 0. The molecule has 1 N–H and O–H groups in total. The van der Waals surface area contributed by atoms with Gasteiger partial charge in [0.05, 0.1) is 6.54 Å². The zero-order valence-corrected chi connectivity index (χ0v) is 12.5. The average Bonchev–Trinajstić information content (AvgIpc) is 2.78. The highest BCUT2D eigenvalue weighted by Gasteiger charge is 2.30. The zero-order chi connectivity index (χ0) is 13.7. The highest BCUT2D eigenvalue weighted by atomic mass is 15.3. The van der Waals surface area contributed by atoms with Crippen molar-refractivity contribution < 1.29 is 0 Å². The molecule has 0 atom stereocenters. The topological polar surface area (TPSA) is 46.0 Å². The van der Waals surface area contributed by atoms with E-state index in [0.29, 0.717) is 0 Å². The third-order valence-electron chi connectivity index (χ3n) is 4.39. The molecule has 0 aromatic carbocycles. The Bertz CT molecular complexity index is 383. The van der Waals surface area contributed by atoms with E-state index in [9.17, 15) is 0 Å². The molecule has 1 aromatic rings. The standard InChI is InChI=1S/C14H27N5/c1-4-14(5-2)11-18(9-7-8-16-14)10-13-15-12-17-19(13)6-3/h12,16H,4-11H2,1-3H3. The van der Waals surface area contributed by atoms with Crippen molar-refractivity contribution in [1.82, 2.24) is 25.0 Å². The van der Waals surface area contributed by atoms with Crippen LogP contribution in [0.4, 0.5) is 0 Å². The van der Waals surface area contributed by atoms with Crippen molar-refractivity contribution in [2.24, 2.45) is 0 Å². The van der Waals surface area contributed by atoms with Crippen LogP contribution in [0.3, 0.4) is 0 Å². The molecule has 19 heavy (non-hydrogen) atoms. The summed E-state index contributed by atoms with van der Waals surface area (Å²) < 4.78 is 2.00. The van der Waals surface area contributed by atoms with Gasteiger partial charge in [0.15, 0.2) is 0 Å². The lowest BCUT2D eigenvalue weighted by Crippen LogP contribution is -2.50. The Morgan fingerprint density at radius 1 is 1.32 bits per heavy atom. The van der Waals surface area contributed by atoms with E-state index in [2.05, 4.69) is 41.1 Å². The summed E-state index contributed by atoms with van der Waals surface area (Å²) in [6, 6.07) is 0. The van der Waals surface area contributed by atoms with Crippen LogP contribution in [0.5, 0.6) is 0 Å². The number of hydrogen-bond donors (Lipinski definition) is 1. The van der Waals surface area contributed by atoms with Gasteiger partial charge in [-0.3, -0.25) is 4.90 Å². The first-order chi connectivity index (χ1) is 9.23. The molecule has 0 radical (unpaired) electrons. The molecule has 0 spiro atoms. The van der Waals surface area contributed by atoms with E-state index >= 15 is 0 Å². The summed E-state index contributed by atoms with van der Waals surface area (Å²) >= 11 is 0. The van der Waals surface area contributed by atoms with E-state index in [1.807, 2.05) is 4.68 Å². The van der Waals surface area contributed by atoms with Crippen LogP contribution >= 0.6 is 0 Å². The molecule has 0 amide bonds. The summed E-state index contributed by atoms with van der Waals surface area (Å²) in [4.78, 5) is 6.93. The minimum absolute atomic E-state index is 0.271. The van der Waals surface area contributed by atoms with Gasteiger partial charge < -0.3 is 5.32 Å². The van der Waals surface area contributed by atoms with Crippen molar-refractivity contribution in [1.29, 1.82) is 0 Å². The second-order valence-corrected chi connectivity index (χ2v) is 5.47. The molecule has 1 fully saturated rings. The van der Waals surface area contributed by atoms with E-state index in [4.69, 9.17) is 0 Å². The largest absolute Gasteiger partial charge is 0.310 e. The molecule has 0 unspecified atom stereocenters. The van der Waals surface area contributed by atoms with Gasteiger partial charge in [-0.1, -0.05) is 13.8 Å². The molecule has 5 nitrogen and oxygen atoms in total. The summed E-state index contributed by atoms with van der Waals surface area (Å²) in [6.07, 6.45) is 5.24. The second kappa shape index (κ2) is 6.48. The Hall–Kier alpha value is -0.940. The van der Waals surface area contributed by atoms with Gasteiger partial charge in [-0.25, -0.2) is 9.67 Å². The molecule has 108 valence electrons. The minimum atomic E-state index is 0.271. The Morgan fingerprint density at radius 3 is 2.79 bits per heavy atom. The van der Waals surface area contributed by atoms with E-state index < -0.39 is 0 Å². The maximum Gasteiger partial charge on any atom is 0.140 e. The molecular formula is C14H27N5. The van der Waals surface area contributed by atoms with Gasteiger partial charge in [-0.05, 0) is 39.3 Å². The fraction of sp³-hybridized carbons (Fsp3) is 0.857.